The Labute approximate surface area is 149 Å². The summed E-state index contributed by atoms with van der Waals surface area (Å²) in [6.45, 7) is 2.37. The molecule has 3 rings (SSSR count). The fourth-order valence-electron chi connectivity index (χ4n) is 2.57. The van der Waals surface area contributed by atoms with Gasteiger partial charge in [0.15, 0.2) is 0 Å². The number of thiazole rings is 1. The fourth-order valence-corrected chi connectivity index (χ4v) is 3.27. The summed E-state index contributed by atoms with van der Waals surface area (Å²) in [5, 5.41) is 11.8. The molecule has 1 aliphatic heterocycles. The summed E-state index contributed by atoms with van der Waals surface area (Å²) >= 11 is 1.51. The van der Waals surface area contributed by atoms with Crippen molar-refractivity contribution in [2.75, 3.05) is 13.1 Å². The minimum atomic E-state index is -0.723. The second kappa shape index (κ2) is 8.41. The third-order valence-corrected chi connectivity index (χ3v) is 4.65. The molecule has 2 heterocycles. The Morgan fingerprint density at radius 2 is 2.17 bits per heavy atom. The summed E-state index contributed by atoms with van der Waals surface area (Å²) < 4.78 is 18.4. The summed E-state index contributed by atoms with van der Waals surface area (Å²) in [4.78, 5) is 17.6. The van der Waals surface area contributed by atoms with Gasteiger partial charge in [-0.25, -0.2) is 9.37 Å². The molecule has 0 radical (unpaired) electrons. The molecule has 0 aliphatic carbocycles. The first-order valence-corrected chi connectivity index (χ1v) is 8.25. The van der Waals surface area contributed by atoms with E-state index in [-0.39, 0.29) is 24.1 Å². The number of halogens is 2. The smallest absolute Gasteiger partial charge is 0.307 e. The highest BCUT2D eigenvalue weighted by atomic mass is 35.5. The van der Waals surface area contributed by atoms with E-state index in [0.717, 1.165) is 17.2 Å². The average molecular weight is 373 g/mol. The number of nitrogens with zero attached hydrogens (tertiary/aromatic N) is 2. The molecule has 0 spiro atoms. The van der Waals surface area contributed by atoms with Gasteiger partial charge in [-0.2, -0.15) is 0 Å². The number of aliphatic carboxylic acids is 1. The summed E-state index contributed by atoms with van der Waals surface area (Å²) in [7, 11) is 0. The minimum Gasteiger partial charge on any atom is -0.486 e. The summed E-state index contributed by atoms with van der Waals surface area (Å²) in [6, 6.07) is 5.88. The van der Waals surface area contributed by atoms with Gasteiger partial charge in [-0.3, -0.25) is 9.69 Å². The SMILES string of the molecule is Cl.O=C(O)C1CCN(Cc2csc(COc3ccc(F)cc3)n2)C1. The Kier molecular flexibility index (Phi) is 6.53. The molecule has 1 saturated heterocycles. The van der Waals surface area contributed by atoms with Crippen molar-refractivity contribution in [2.24, 2.45) is 5.92 Å². The van der Waals surface area contributed by atoms with Crippen LogP contribution in [0, 0.1) is 11.7 Å². The number of carbonyl (C=O) groups is 1. The molecule has 1 fully saturated rings. The molecule has 1 aliphatic rings. The number of benzene rings is 1. The van der Waals surface area contributed by atoms with E-state index < -0.39 is 5.97 Å². The van der Waals surface area contributed by atoms with Gasteiger partial charge in [0.2, 0.25) is 0 Å². The van der Waals surface area contributed by atoms with Gasteiger partial charge < -0.3 is 9.84 Å². The summed E-state index contributed by atoms with van der Waals surface area (Å²) in [6.07, 6.45) is 0.694. The van der Waals surface area contributed by atoms with Gasteiger partial charge >= 0.3 is 5.97 Å². The maximum absolute atomic E-state index is 12.8. The van der Waals surface area contributed by atoms with Crippen LogP contribution >= 0.6 is 23.7 Å². The maximum atomic E-state index is 12.8. The van der Waals surface area contributed by atoms with Crippen molar-refractivity contribution < 1.29 is 19.0 Å². The highest BCUT2D eigenvalue weighted by Crippen LogP contribution is 2.21. The number of carboxylic acids is 1. The lowest BCUT2D eigenvalue weighted by Gasteiger charge is -2.12. The van der Waals surface area contributed by atoms with E-state index in [2.05, 4.69) is 9.88 Å². The van der Waals surface area contributed by atoms with Crippen molar-refractivity contribution in [2.45, 2.75) is 19.6 Å². The molecule has 0 saturated carbocycles. The van der Waals surface area contributed by atoms with Crippen molar-refractivity contribution >= 4 is 29.7 Å². The third-order valence-electron chi connectivity index (χ3n) is 3.78. The van der Waals surface area contributed by atoms with E-state index in [9.17, 15) is 9.18 Å². The number of rotatable bonds is 6. The second-order valence-electron chi connectivity index (χ2n) is 5.53. The Bertz CT molecular complexity index is 680. The number of hydrogen-bond donors (Lipinski definition) is 1. The van der Waals surface area contributed by atoms with Crippen molar-refractivity contribution in [1.82, 2.24) is 9.88 Å². The predicted molar refractivity (Wildman–Crippen MR) is 91.1 cm³/mol. The van der Waals surface area contributed by atoms with E-state index in [1.807, 2.05) is 5.38 Å². The molecular formula is C16H18ClFN2O3S. The van der Waals surface area contributed by atoms with E-state index in [1.54, 1.807) is 12.1 Å². The predicted octanol–water partition coefficient (Wildman–Crippen LogP) is 3.19. The maximum Gasteiger partial charge on any atom is 0.307 e. The van der Waals surface area contributed by atoms with Gasteiger partial charge in [0.25, 0.3) is 0 Å². The van der Waals surface area contributed by atoms with E-state index >= 15 is 0 Å². The van der Waals surface area contributed by atoms with Crippen molar-refractivity contribution in [1.29, 1.82) is 0 Å². The van der Waals surface area contributed by atoms with E-state index in [4.69, 9.17) is 9.84 Å². The van der Waals surface area contributed by atoms with Crippen LogP contribution in [0.3, 0.4) is 0 Å². The zero-order chi connectivity index (χ0) is 16.2. The molecule has 130 valence electrons. The molecule has 1 aromatic carbocycles. The molecule has 1 atom stereocenters. The first kappa shape index (κ1) is 18.6. The van der Waals surface area contributed by atoms with Gasteiger partial charge in [-0.05, 0) is 37.2 Å². The molecule has 0 amide bonds. The molecule has 2 aromatic rings. The molecule has 1 N–H and O–H groups in total. The zero-order valence-electron chi connectivity index (χ0n) is 12.9. The Morgan fingerprint density at radius 3 is 2.83 bits per heavy atom. The number of carboxylic acid groups (broad SMARTS) is 1. The first-order chi connectivity index (χ1) is 11.1. The molecular weight excluding hydrogens is 355 g/mol. The van der Waals surface area contributed by atoms with Gasteiger partial charge in [0, 0.05) is 18.5 Å². The largest absolute Gasteiger partial charge is 0.486 e. The molecule has 0 bridgehead atoms. The average Bonchev–Trinajstić information content (AvgIpc) is 3.17. The lowest BCUT2D eigenvalue weighted by atomic mass is 10.1. The molecule has 1 aromatic heterocycles. The van der Waals surface area contributed by atoms with Crippen LogP contribution in [0.25, 0.3) is 0 Å². The van der Waals surface area contributed by atoms with Crippen LogP contribution < -0.4 is 4.74 Å². The van der Waals surface area contributed by atoms with Gasteiger partial charge in [-0.1, -0.05) is 0 Å². The van der Waals surface area contributed by atoms with Crippen LogP contribution in [-0.2, 0) is 17.9 Å². The fraction of sp³-hybridized carbons (Fsp3) is 0.375. The number of hydrogen-bond acceptors (Lipinski definition) is 5. The quantitative estimate of drug-likeness (QED) is 0.843. The highest BCUT2D eigenvalue weighted by molar-refractivity contribution is 7.09. The van der Waals surface area contributed by atoms with Crippen LogP contribution in [0.5, 0.6) is 5.75 Å². The Balaban J connectivity index is 0.00000208. The van der Waals surface area contributed by atoms with Gasteiger partial charge in [0.1, 0.15) is 23.2 Å². The molecule has 1 unspecified atom stereocenters. The second-order valence-corrected chi connectivity index (χ2v) is 6.48. The minimum absolute atomic E-state index is 0. The molecule has 8 heteroatoms. The molecule has 5 nitrogen and oxygen atoms in total. The van der Waals surface area contributed by atoms with Crippen LogP contribution in [0.2, 0.25) is 0 Å². The van der Waals surface area contributed by atoms with E-state index in [0.29, 0.717) is 31.9 Å². The third kappa shape index (κ3) is 4.90. The van der Waals surface area contributed by atoms with Gasteiger partial charge in [0.05, 0.1) is 11.6 Å². The normalized spacial score (nSPS) is 17.5. The topological polar surface area (TPSA) is 62.7 Å². The van der Waals surface area contributed by atoms with Crippen LogP contribution in [0.15, 0.2) is 29.6 Å². The lowest BCUT2D eigenvalue weighted by Crippen LogP contribution is -2.23. The Hall–Kier alpha value is -1.70. The monoisotopic (exact) mass is 372 g/mol. The van der Waals surface area contributed by atoms with E-state index in [1.165, 1.54) is 23.5 Å². The first-order valence-electron chi connectivity index (χ1n) is 7.37. The Morgan fingerprint density at radius 1 is 1.42 bits per heavy atom. The number of aromatic nitrogens is 1. The lowest BCUT2D eigenvalue weighted by molar-refractivity contribution is -0.141. The van der Waals surface area contributed by atoms with Crippen LogP contribution in [0.4, 0.5) is 4.39 Å². The van der Waals surface area contributed by atoms with Crippen LogP contribution in [0.1, 0.15) is 17.1 Å². The van der Waals surface area contributed by atoms with Crippen molar-refractivity contribution in [3.63, 3.8) is 0 Å². The van der Waals surface area contributed by atoms with Crippen LogP contribution in [-0.4, -0.2) is 34.0 Å². The van der Waals surface area contributed by atoms with Gasteiger partial charge in [-0.15, -0.1) is 23.7 Å². The number of ether oxygens (including phenoxy) is 1. The summed E-state index contributed by atoms with van der Waals surface area (Å²) in [5.41, 5.74) is 0.929. The standard InChI is InChI=1S/C16H17FN2O3S.ClH/c17-12-1-3-14(4-2-12)22-9-15-18-13(10-23-15)8-19-6-5-11(7-19)16(20)21;/h1-4,10-11H,5-9H2,(H,20,21);1H. The van der Waals surface area contributed by atoms with Crippen molar-refractivity contribution in [3.8, 4) is 5.75 Å². The van der Waals surface area contributed by atoms with Crippen molar-refractivity contribution in [3.05, 3.63) is 46.2 Å². The number of likely N-dealkylation sites (tertiary alicyclic amines) is 1. The molecule has 24 heavy (non-hydrogen) atoms. The summed E-state index contributed by atoms with van der Waals surface area (Å²) in [5.74, 6) is -0.680. The highest BCUT2D eigenvalue weighted by Gasteiger charge is 2.28. The zero-order valence-corrected chi connectivity index (χ0v) is 14.5.